The molecule has 0 saturated carbocycles. The number of nitrogens with two attached hydrogens (primary N) is 1. The average Bonchev–Trinajstić information content (AvgIpc) is 2.07. The van der Waals surface area contributed by atoms with Crippen molar-refractivity contribution in [3.63, 3.8) is 0 Å². The van der Waals surface area contributed by atoms with Crippen LogP contribution in [0.1, 0.15) is 103 Å². The number of azo groups is 1. The Labute approximate surface area is 530 Å². The van der Waals surface area contributed by atoms with Crippen molar-refractivity contribution in [1.29, 1.82) is 21.2 Å². The van der Waals surface area contributed by atoms with Gasteiger partial charge in [0.2, 0.25) is 22.9 Å². The largest absolute Gasteiger partial charge is 0.493 e. The number of aryl methyl sites for hydroxylation is 2. The topological polar surface area (TPSA) is 300 Å². The van der Waals surface area contributed by atoms with Crippen molar-refractivity contribution in [2.24, 2.45) is 15.6 Å². The summed E-state index contributed by atoms with van der Waals surface area (Å²) >= 11 is 1.03. The van der Waals surface area contributed by atoms with Gasteiger partial charge in [-0.1, -0.05) is 140 Å². The van der Waals surface area contributed by atoms with Gasteiger partial charge in [0.1, 0.15) is 53.3 Å². The van der Waals surface area contributed by atoms with Crippen molar-refractivity contribution in [3.05, 3.63) is 248 Å². The number of halogens is 1. The van der Waals surface area contributed by atoms with Gasteiger partial charge < -0.3 is 30.0 Å². The number of fused-ring (bicyclic) bond motifs is 1. The molecule has 0 saturated heterocycles. The number of nitrogens with zero attached hydrogens (tertiary/aromatic N) is 11. The number of thioether (sulfide) groups is 1. The predicted octanol–water partition coefficient (Wildman–Crippen LogP) is 14.1. The normalized spacial score (nSPS) is 12.3. The van der Waals surface area contributed by atoms with Crippen LogP contribution in [0.2, 0.25) is 0 Å². The molecule has 0 unspecified atom stereocenters. The van der Waals surface area contributed by atoms with Gasteiger partial charge in [-0.3, -0.25) is 24.8 Å². The highest BCUT2D eigenvalue weighted by Crippen LogP contribution is 2.41. The lowest BCUT2D eigenvalue weighted by atomic mass is 9.73. The molecule has 4 heterocycles. The number of allylic oxidation sites excluding steroid dienone is 4. The Morgan fingerprint density at radius 3 is 2.25 bits per heavy atom. The summed E-state index contributed by atoms with van der Waals surface area (Å²) < 4.78 is 23.0. The number of anilines is 3. The van der Waals surface area contributed by atoms with Crippen LogP contribution in [0.5, 0.6) is 11.6 Å². The molecular weight excluding hydrogens is 1170 g/mol. The van der Waals surface area contributed by atoms with Gasteiger partial charge in [0, 0.05) is 47.7 Å². The molecule has 91 heavy (non-hydrogen) atoms. The first-order valence-electron chi connectivity index (χ1n) is 28.9. The third kappa shape index (κ3) is 18.2. The zero-order valence-corrected chi connectivity index (χ0v) is 51.6. The van der Waals surface area contributed by atoms with Crippen molar-refractivity contribution in [2.45, 2.75) is 85.9 Å². The van der Waals surface area contributed by atoms with E-state index in [0.717, 1.165) is 88.4 Å². The van der Waals surface area contributed by atoms with Crippen LogP contribution in [0.25, 0.3) is 10.9 Å². The number of pyridine rings is 2. The third-order valence-electron chi connectivity index (χ3n) is 14.3. The number of Topliss-reactive ketones (excluding diaryl/α,β-unsaturated/α-hetero) is 1. The molecule has 0 amide bonds. The Morgan fingerprint density at radius 2 is 1.56 bits per heavy atom. The predicted molar refractivity (Wildman–Crippen MR) is 350 cm³/mol. The summed E-state index contributed by atoms with van der Waals surface area (Å²) in [6, 6.07) is 48.7. The van der Waals surface area contributed by atoms with E-state index in [1.165, 1.54) is 34.0 Å². The van der Waals surface area contributed by atoms with Gasteiger partial charge in [-0.25, -0.2) is 4.39 Å². The number of nitrogen functional groups attached to an aromatic ring is 1. The maximum Gasteiger partial charge on any atom is 0.268 e. The van der Waals surface area contributed by atoms with E-state index < -0.39 is 17.2 Å². The number of amidine groups is 1. The second-order valence-electron chi connectivity index (χ2n) is 22.3. The molecule has 19 nitrogen and oxygen atoms in total. The molecule has 458 valence electrons. The fourth-order valence-electron chi connectivity index (χ4n) is 10.0. The summed E-state index contributed by atoms with van der Waals surface area (Å²) in [4.78, 5) is 54.6. The smallest absolute Gasteiger partial charge is 0.268 e. The highest BCUT2D eigenvalue weighted by molar-refractivity contribution is 8.14. The molecule has 0 bridgehead atoms. The first kappa shape index (κ1) is 65.8. The number of aromatic nitrogens is 6. The van der Waals surface area contributed by atoms with Crippen LogP contribution in [0.4, 0.5) is 27.7 Å². The van der Waals surface area contributed by atoms with Crippen LogP contribution < -0.4 is 21.3 Å². The standard InChI is InChI=1S/C27H24FN7O3.C25H22N4O2S.C18H19N3/c1-15(2)35-13-18(10-17(12-29)25(35)37)24(36)20-11-19(28)8-9-22(20)38-14-23-32-26(30)34-27(33-23)31-21-7-5-4-6-16(21)3;26-25(32-17-20(30)15-18-9-3-1-4-10-18)28-27-23-21-13-7-8-14-22(21)29(24(23)31)16-19-11-5-2-6-12-19;1-18(2)9-15(6-5-14-4-3-7-21-13-14)8-16(10-18)17(11-19)12-20/h4-11,13,15H,14H2,1-3H3,(H3,30,31,32,33,34);1-14,26,31H,15-17H2;3-4,7-8,13H,5-6,9-10H2,1-2H3. The average molecular weight is 1230 g/mol. The molecule has 4 aromatic heterocycles. The lowest BCUT2D eigenvalue weighted by molar-refractivity contribution is -0.116. The van der Waals surface area contributed by atoms with E-state index in [1.54, 1.807) is 24.6 Å². The molecule has 5 aromatic carbocycles. The molecule has 21 heteroatoms. The Balaban J connectivity index is 0.000000183. The summed E-state index contributed by atoms with van der Waals surface area (Å²) in [5, 5.41) is 58.3. The quantitative estimate of drug-likeness (QED) is 0.0204. The van der Waals surface area contributed by atoms with Crippen molar-refractivity contribution in [3.8, 4) is 29.8 Å². The SMILES string of the molecule is CC1(C)CC(CCc2cccnc2)=CC(=C(C#N)C#N)C1.Cc1ccccc1Nc1nc(N)nc(COc2ccc(F)cc2C(=O)c2cc(C#N)c(=O)n(C(C)C)c2)n1.N=C(N=Nc1c(O)n(Cc2ccccc2)c2ccccc12)SCC(=O)Cc1ccccc1. The molecule has 0 aliphatic heterocycles. The summed E-state index contributed by atoms with van der Waals surface area (Å²) in [6.07, 6.45) is 11.1. The molecule has 1 aliphatic rings. The first-order valence-corrected chi connectivity index (χ1v) is 29.9. The molecule has 0 fully saturated rings. The van der Waals surface area contributed by atoms with Crippen LogP contribution in [-0.2, 0) is 30.8 Å². The van der Waals surface area contributed by atoms with E-state index in [9.17, 15) is 29.1 Å². The van der Waals surface area contributed by atoms with Crippen molar-refractivity contribution in [1.82, 2.24) is 29.1 Å². The van der Waals surface area contributed by atoms with E-state index >= 15 is 0 Å². The first-order chi connectivity index (χ1) is 43.8. The van der Waals surface area contributed by atoms with Crippen LogP contribution in [-0.4, -0.2) is 56.7 Å². The number of hydrogen-bond donors (Lipinski definition) is 4. The van der Waals surface area contributed by atoms with Gasteiger partial charge >= 0.3 is 0 Å². The minimum Gasteiger partial charge on any atom is -0.493 e. The number of para-hydroxylation sites is 2. The number of aromatic hydroxyl groups is 1. The van der Waals surface area contributed by atoms with Gasteiger partial charge in [0.15, 0.2) is 17.3 Å². The molecule has 0 atom stereocenters. The van der Waals surface area contributed by atoms with Crippen molar-refractivity contribution in [2.75, 3.05) is 16.8 Å². The van der Waals surface area contributed by atoms with E-state index in [1.807, 2.05) is 147 Å². The van der Waals surface area contributed by atoms with E-state index in [4.69, 9.17) is 26.4 Å². The van der Waals surface area contributed by atoms with Gasteiger partial charge in [0.25, 0.3) is 5.56 Å². The second-order valence-corrected chi connectivity index (χ2v) is 23.2. The van der Waals surface area contributed by atoms with Crippen molar-refractivity contribution < 1.29 is 23.8 Å². The number of nitriles is 3. The molecule has 0 radical (unpaired) electrons. The highest BCUT2D eigenvalue weighted by Gasteiger charge is 2.27. The minimum atomic E-state index is -0.660. The number of ketones is 2. The van der Waals surface area contributed by atoms with E-state index in [2.05, 4.69) is 61.5 Å². The molecule has 1 aliphatic carbocycles. The van der Waals surface area contributed by atoms with Crippen LogP contribution in [0, 0.1) is 57.6 Å². The number of rotatable bonds is 18. The fraction of sp³-hybridized carbons (Fsp3) is 0.214. The maximum atomic E-state index is 14.2. The van der Waals surface area contributed by atoms with Crippen LogP contribution >= 0.6 is 11.8 Å². The molecule has 5 N–H and O–H groups in total. The number of ether oxygens (including phenoxy) is 1. The monoisotopic (exact) mass is 1230 g/mol. The maximum absolute atomic E-state index is 14.2. The van der Waals surface area contributed by atoms with Gasteiger partial charge in [-0.15, -0.1) is 10.2 Å². The number of hydrogen-bond acceptors (Lipinski definition) is 17. The minimum absolute atomic E-state index is 0.00300. The highest BCUT2D eigenvalue weighted by atomic mass is 32.2. The lowest BCUT2D eigenvalue weighted by Gasteiger charge is -2.31. The van der Waals surface area contributed by atoms with Gasteiger partial charge in [-0.05, 0) is 122 Å². The number of nitrogens with one attached hydrogen (secondary N) is 2. The molecule has 9 aromatic rings. The van der Waals surface area contributed by atoms with E-state index in [-0.39, 0.29) is 86.4 Å². The fourth-order valence-corrected chi connectivity index (χ4v) is 10.5. The Kier molecular flexibility index (Phi) is 22.5. The Morgan fingerprint density at radius 1 is 0.868 bits per heavy atom. The number of carbonyl (C=O) groups excluding carboxylic acids is 2. The van der Waals surface area contributed by atoms with Crippen LogP contribution in [0.15, 0.2) is 202 Å². The van der Waals surface area contributed by atoms with Crippen molar-refractivity contribution >= 4 is 62.7 Å². The molecular formula is C70H65FN14O5S. The van der Waals surface area contributed by atoms with Crippen LogP contribution in [0.3, 0.4) is 0 Å². The Hall–Kier alpha value is -11.2. The summed E-state index contributed by atoms with van der Waals surface area (Å²) in [5.74, 6) is -0.712. The second kappa shape index (κ2) is 31.1. The summed E-state index contributed by atoms with van der Waals surface area (Å²) in [5.41, 5.74) is 13.8. The molecule has 0 spiro atoms. The summed E-state index contributed by atoms with van der Waals surface area (Å²) in [7, 11) is 0. The van der Waals surface area contributed by atoms with Gasteiger partial charge in [0.05, 0.1) is 23.4 Å². The summed E-state index contributed by atoms with van der Waals surface area (Å²) in [6.45, 7) is 10.1. The lowest BCUT2D eigenvalue weighted by Crippen LogP contribution is -2.25. The zero-order chi connectivity index (χ0) is 65.0. The molecule has 10 rings (SSSR count). The van der Waals surface area contributed by atoms with E-state index in [0.29, 0.717) is 18.7 Å². The zero-order valence-electron chi connectivity index (χ0n) is 50.8. The Bertz CT molecular complexity index is 4390. The van der Waals surface area contributed by atoms with Gasteiger partial charge in [-0.2, -0.15) is 30.7 Å². The number of carbonyl (C=O) groups is 2. The third-order valence-corrected chi connectivity index (χ3v) is 15.1. The number of benzene rings is 5.